The van der Waals surface area contributed by atoms with Gasteiger partial charge in [-0.2, -0.15) is 5.26 Å². The molecule has 1 aromatic rings. The summed E-state index contributed by atoms with van der Waals surface area (Å²) in [5.74, 6) is 0.862. The first-order chi connectivity index (χ1) is 9.52. The fraction of sp³-hybridized carbons (Fsp3) is 0.571. The smallest absolute Gasteiger partial charge is 0.244 e. The summed E-state index contributed by atoms with van der Waals surface area (Å²) in [5, 5.41) is 16.8. The van der Waals surface area contributed by atoms with Crippen LogP contribution in [0.1, 0.15) is 44.4 Å². The van der Waals surface area contributed by atoms with Crippen molar-refractivity contribution in [3.05, 3.63) is 22.7 Å². The van der Waals surface area contributed by atoms with Crippen LogP contribution in [0.5, 0.6) is 5.88 Å². The van der Waals surface area contributed by atoms with Crippen LogP contribution in [-0.4, -0.2) is 22.9 Å². The topological polar surface area (TPSA) is 97.0 Å². The van der Waals surface area contributed by atoms with Crippen LogP contribution in [-0.2, 0) is 10.2 Å². The standard InChI is InChI=1S/C14H18N4O2/c1-7(2)11-10-13(18-17-11)20-12(16)9(6-15)14(10)4-5-19-8(14)3/h7-8H,4-5,16H2,1-3H3,(H,17,18)/t8-,14?/m1/s1. The average molecular weight is 274 g/mol. The Morgan fingerprint density at radius 1 is 1.55 bits per heavy atom. The molecule has 0 aromatic carbocycles. The van der Waals surface area contributed by atoms with Crippen LogP contribution in [0.4, 0.5) is 0 Å². The number of nitrogens with one attached hydrogen (secondary N) is 1. The summed E-state index contributed by atoms with van der Waals surface area (Å²) >= 11 is 0. The second-order valence-electron chi connectivity index (χ2n) is 5.66. The molecule has 0 bridgehead atoms. The lowest BCUT2D eigenvalue weighted by atomic mass is 9.68. The molecule has 6 nitrogen and oxygen atoms in total. The molecule has 20 heavy (non-hydrogen) atoms. The van der Waals surface area contributed by atoms with E-state index in [-0.39, 0.29) is 17.9 Å². The van der Waals surface area contributed by atoms with Gasteiger partial charge in [-0.15, -0.1) is 5.10 Å². The number of aromatic nitrogens is 2. The number of hydrogen-bond donors (Lipinski definition) is 2. The van der Waals surface area contributed by atoms with E-state index < -0.39 is 5.41 Å². The number of nitrogens with two attached hydrogens (primary N) is 1. The molecule has 0 amide bonds. The molecule has 1 fully saturated rings. The highest BCUT2D eigenvalue weighted by atomic mass is 16.5. The molecule has 2 aliphatic rings. The lowest BCUT2D eigenvalue weighted by molar-refractivity contribution is 0.0995. The number of fused-ring (bicyclic) bond motifs is 2. The minimum absolute atomic E-state index is 0.131. The molecular weight excluding hydrogens is 256 g/mol. The highest BCUT2D eigenvalue weighted by Crippen LogP contribution is 2.52. The Morgan fingerprint density at radius 2 is 2.30 bits per heavy atom. The van der Waals surface area contributed by atoms with Crippen LogP contribution < -0.4 is 10.5 Å². The van der Waals surface area contributed by atoms with Gasteiger partial charge in [0.2, 0.25) is 11.8 Å². The molecule has 1 aromatic heterocycles. The van der Waals surface area contributed by atoms with Gasteiger partial charge in [-0.3, -0.25) is 5.10 Å². The first-order valence-corrected chi connectivity index (χ1v) is 6.81. The van der Waals surface area contributed by atoms with E-state index in [0.717, 1.165) is 11.3 Å². The van der Waals surface area contributed by atoms with Gasteiger partial charge in [0.1, 0.15) is 11.6 Å². The van der Waals surface area contributed by atoms with E-state index in [4.69, 9.17) is 15.2 Å². The number of nitrogens with zero attached hydrogens (tertiary/aromatic N) is 2. The summed E-state index contributed by atoms with van der Waals surface area (Å²) in [5.41, 5.74) is 7.76. The Morgan fingerprint density at radius 3 is 2.85 bits per heavy atom. The summed E-state index contributed by atoms with van der Waals surface area (Å²) < 4.78 is 11.3. The zero-order valence-electron chi connectivity index (χ0n) is 11.9. The van der Waals surface area contributed by atoms with Gasteiger partial charge in [-0.1, -0.05) is 13.8 Å². The van der Waals surface area contributed by atoms with Gasteiger partial charge >= 0.3 is 0 Å². The highest BCUT2D eigenvalue weighted by Gasteiger charge is 2.54. The van der Waals surface area contributed by atoms with Gasteiger partial charge in [0.05, 0.1) is 17.1 Å². The fourth-order valence-electron chi connectivity index (χ4n) is 3.31. The minimum Gasteiger partial charge on any atom is -0.420 e. The molecule has 0 saturated carbocycles. The van der Waals surface area contributed by atoms with Crippen molar-refractivity contribution in [1.82, 2.24) is 10.2 Å². The van der Waals surface area contributed by atoms with Crippen molar-refractivity contribution in [1.29, 1.82) is 5.26 Å². The van der Waals surface area contributed by atoms with Gasteiger partial charge in [0.15, 0.2) is 0 Å². The first-order valence-electron chi connectivity index (χ1n) is 6.81. The van der Waals surface area contributed by atoms with E-state index in [1.54, 1.807) is 0 Å². The maximum absolute atomic E-state index is 9.54. The monoisotopic (exact) mass is 274 g/mol. The van der Waals surface area contributed by atoms with Gasteiger partial charge < -0.3 is 15.2 Å². The lowest BCUT2D eigenvalue weighted by Gasteiger charge is -2.36. The zero-order chi connectivity index (χ0) is 14.5. The number of rotatable bonds is 1. The van der Waals surface area contributed by atoms with Crippen molar-refractivity contribution in [2.24, 2.45) is 5.73 Å². The number of hydrogen-bond acceptors (Lipinski definition) is 5. The van der Waals surface area contributed by atoms with Crippen LogP contribution in [0.2, 0.25) is 0 Å². The van der Waals surface area contributed by atoms with Gasteiger partial charge in [0.25, 0.3) is 0 Å². The molecular formula is C14H18N4O2. The summed E-state index contributed by atoms with van der Waals surface area (Å²) in [4.78, 5) is 0. The quantitative estimate of drug-likeness (QED) is 0.811. The number of H-pyrrole nitrogens is 1. The van der Waals surface area contributed by atoms with Crippen molar-refractivity contribution in [3.63, 3.8) is 0 Å². The van der Waals surface area contributed by atoms with E-state index in [9.17, 15) is 5.26 Å². The Labute approximate surface area is 117 Å². The Kier molecular flexibility index (Phi) is 2.76. The SMILES string of the molecule is CC(C)c1[nH]nc2c1C1(CCO[C@@H]1C)C(C#N)=C(N)O2. The van der Waals surface area contributed by atoms with Crippen molar-refractivity contribution in [3.8, 4) is 11.9 Å². The maximum Gasteiger partial charge on any atom is 0.244 e. The van der Waals surface area contributed by atoms with Crippen LogP contribution >= 0.6 is 0 Å². The second kappa shape index (κ2) is 4.25. The molecule has 0 radical (unpaired) electrons. The number of ether oxygens (including phenoxy) is 2. The van der Waals surface area contributed by atoms with Crippen LogP contribution in [0, 0.1) is 11.3 Å². The number of aromatic amines is 1. The van der Waals surface area contributed by atoms with Gasteiger partial charge in [-0.25, -0.2) is 0 Å². The van der Waals surface area contributed by atoms with E-state index >= 15 is 0 Å². The predicted octanol–water partition coefficient (Wildman–Crippen LogP) is 1.67. The molecule has 2 atom stereocenters. The highest BCUT2D eigenvalue weighted by molar-refractivity contribution is 5.56. The maximum atomic E-state index is 9.54. The number of nitriles is 1. The molecule has 0 aliphatic carbocycles. The third kappa shape index (κ3) is 1.44. The van der Waals surface area contributed by atoms with Crippen molar-refractivity contribution in [2.45, 2.75) is 44.6 Å². The van der Waals surface area contributed by atoms with Gasteiger partial charge in [0, 0.05) is 12.3 Å². The Hall–Kier alpha value is -2.00. The Bertz CT molecular complexity index is 626. The first kappa shape index (κ1) is 13.0. The van der Waals surface area contributed by atoms with Crippen LogP contribution in [0.15, 0.2) is 11.5 Å². The summed E-state index contributed by atoms with van der Waals surface area (Å²) in [6.07, 6.45) is 0.585. The van der Waals surface area contributed by atoms with Crippen LogP contribution in [0.3, 0.4) is 0 Å². The van der Waals surface area contributed by atoms with Crippen LogP contribution in [0.25, 0.3) is 0 Å². The largest absolute Gasteiger partial charge is 0.420 e. The van der Waals surface area contributed by atoms with Crippen molar-refractivity contribution < 1.29 is 9.47 Å². The zero-order valence-corrected chi connectivity index (χ0v) is 11.9. The molecule has 3 heterocycles. The summed E-state index contributed by atoms with van der Waals surface area (Å²) in [7, 11) is 0. The Balaban J connectivity index is 2.30. The molecule has 106 valence electrons. The predicted molar refractivity (Wildman–Crippen MR) is 71.8 cm³/mol. The third-order valence-electron chi connectivity index (χ3n) is 4.35. The summed E-state index contributed by atoms with van der Waals surface area (Å²) in [6.45, 7) is 6.73. The molecule has 1 unspecified atom stereocenters. The molecule has 3 rings (SSSR count). The molecule has 1 spiro atoms. The fourth-order valence-corrected chi connectivity index (χ4v) is 3.31. The van der Waals surface area contributed by atoms with Crippen molar-refractivity contribution >= 4 is 0 Å². The molecule has 3 N–H and O–H groups in total. The molecule has 2 aliphatic heterocycles. The van der Waals surface area contributed by atoms with Gasteiger partial charge in [-0.05, 0) is 19.3 Å². The normalized spacial score (nSPS) is 28.6. The second-order valence-corrected chi connectivity index (χ2v) is 5.66. The van der Waals surface area contributed by atoms with E-state index in [2.05, 4.69) is 30.1 Å². The van der Waals surface area contributed by atoms with E-state index in [1.807, 2.05) is 6.92 Å². The lowest BCUT2D eigenvalue weighted by Crippen LogP contribution is -2.41. The van der Waals surface area contributed by atoms with Crippen molar-refractivity contribution in [2.75, 3.05) is 6.61 Å². The molecule has 1 saturated heterocycles. The third-order valence-corrected chi connectivity index (χ3v) is 4.35. The minimum atomic E-state index is -0.543. The molecule has 6 heteroatoms. The average Bonchev–Trinajstić information content (AvgIpc) is 2.96. The summed E-state index contributed by atoms with van der Waals surface area (Å²) in [6, 6.07) is 2.22. The van der Waals surface area contributed by atoms with E-state index in [0.29, 0.717) is 24.5 Å². The van der Waals surface area contributed by atoms with E-state index in [1.165, 1.54) is 0 Å².